The summed E-state index contributed by atoms with van der Waals surface area (Å²) in [5.74, 6) is -0.635. The Balaban J connectivity index is 1.40. The molecule has 39 heavy (non-hydrogen) atoms. The van der Waals surface area contributed by atoms with E-state index in [1.807, 2.05) is 0 Å². The minimum atomic E-state index is -0.554. The molecule has 0 aliphatic carbocycles. The minimum absolute atomic E-state index is 0.207. The molecule has 4 aromatic rings. The summed E-state index contributed by atoms with van der Waals surface area (Å²) in [6.07, 6.45) is 1.36. The summed E-state index contributed by atoms with van der Waals surface area (Å²) in [6, 6.07) is 24.1. The van der Waals surface area contributed by atoms with Crippen LogP contribution in [0, 0.1) is 0 Å². The van der Waals surface area contributed by atoms with Gasteiger partial charge in [0.25, 0.3) is 11.8 Å². The quantitative estimate of drug-likeness (QED) is 0.115. The van der Waals surface area contributed by atoms with Crippen molar-refractivity contribution in [3.05, 3.63) is 123 Å². The van der Waals surface area contributed by atoms with E-state index in [1.54, 1.807) is 72.8 Å². The summed E-state index contributed by atoms with van der Waals surface area (Å²) in [5, 5.41) is 7.31. The predicted molar refractivity (Wildman–Crippen MR) is 150 cm³/mol. The van der Waals surface area contributed by atoms with Crippen molar-refractivity contribution in [2.45, 2.75) is 0 Å². The van der Waals surface area contributed by atoms with Crippen LogP contribution >= 0.6 is 23.2 Å². The highest BCUT2D eigenvalue weighted by Gasteiger charge is 2.13. The number of para-hydroxylation sites is 1. The highest BCUT2D eigenvalue weighted by atomic mass is 35.5. The van der Waals surface area contributed by atoms with Crippen LogP contribution in [0.1, 0.15) is 36.6 Å². The first-order valence-electron chi connectivity index (χ1n) is 11.5. The van der Waals surface area contributed by atoms with Crippen LogP contribution in [0.4, 0.5) is 5.69 Å². The molecule has 2 N–H and O–H groups in total. The Bertz CT molecular complexity index is 1560. The summed E-state index contributed by atoms with van der Waals surface area (Å²) >= 11 is 12.0. The number of amides is 2. The zero-order chi connectivity index (χ0) is 27.8. The van der Waals surface area contributed by atoms with Crippen LogP contribution in [0.25, 0.3) is 0 Å². The number of hydrogen-bond donors (Lipinski definition) is 2. The van der Waals surface area contributed by atoms with Gasteiger partial charge in [0.15, 0.2) is 0 Å². The monoisotopic (exact) mass is 561 g/mol. The maximum Gasteiger partial charge on any atom is 0.343 e. The normalized spacial score (nSPS) is 10.6. The molecule has 0 unspecified atom stereocenters. The Morgan fingerprint density at radius 3 is 2.33 bits per heavy atom. The lowest BCUT2D eigenvalue weighted by atomic mass is 10.1. The molecular formula is C29H21Cl2N3O5. The molecule has 10 heteroatoms. The van der Waals surface area contributed by atoms with Crippen LogP contribution in [0.3, 0.4) is 0 Å². The van der Waals surface area contributed by atoms with Crippen molar-refractivity contribution < 1.29 is 23.9 Å². The van der Waals surface area contributed by atoms with Crippen molar-refractivity contribution >= 4 is 52.9 Å². The number of hydrazone groups is 1. The molecule has 0 aliphatic rings. The zero-order valence-electron chi connectivity index (χ0n) is 20.5. The molecule has 0 atom stereocenters. The number of carbonyl (C=O) groups excluding carboxylic acids is 3. The lowest BCUT2D eigenvalue weighted by molar-refractivity contribution is 0.0734. The fraction of sp³-hybridized carbons (Fsp3) is 0.0345. The highest BCUT2D eigenvalue weighted by Crippen LogP contribution is 2.23. The minimum Gasteiger partial charge on any atom is -0.497 e. The third-order valence-electron chi connectivity index (χ3n) is 5.38. The van der Waals surface area contributed by atoms with Gasteiger partial charge >= 0.3 is 5.97 Å². The van der Waals surface area contributed by atoms with E-state index in [2.05, 4.69) is 15.8 Å². The van der Waals surface area contributed by atoms with Gasteiger partial charge in [-0.3, -0.25) is 9.59 Å². The topological polar surface area (TPSA) is 106 Å². The summed E-state index contributed by atoms with van der Waals surface area (Å²) in [6.45, 7) is 0. The number of benzene rings is 4. The number of halogens is 2. The average molecular weight is 562 g/mol. The first kappa shape index (κ1) is 27.4. The van der Waals surface area contributed by atoms with Crippen molar-refractivity contribution in [3.8, 4) is 11.5 Å². The first-order chi connectivity index (χ1) is 18.8. The maximum atomic E-state index is 12.7. The number of nitrogens with one attached hydrogen (secondary N) is 2. The van der Waals surface area contributed by atoms with Gasteiger partial charge in [0.2, 0.25) is 0 Å². The van der Waals surface area contributed by atoms with E-state index in [4.69, 9.17) is 32.7 Å². The predicted octanol–water partition coefficient (Wildman–Crippen LogP) is 6.24. The van der Waals surface area contributed by atoms with Crippen LogP contribution in [0.5, 0.6) is 11.5 Å². The Morgan fingerprint density at radius 2 is 1.59 bits per heavy atom. The largest absolute Gasteiger partial charge is 0.497 e. The molecule has 0 aromatic heterocycles. The summed E-state index contributed by atoms with van der Waals surface area (Å²) in [4.78, 5) is 37.8. The fourth-order valence-corrected chi connectivity index (χ4v) is 3.90. The fourth-order valence-electron chi connectivity index (χ4n) is 3.40. The van der Waals surface area contributed by atoms with Crippen LogP contribution in [-0.4, -0.2) is 31.1 Å². The summed E-state index contributed by atoms with van der Waals surface area (Å²) in [5.41, 5.74) is 4.13. The summed E-state index contributed by atoms with van der Waals surface area (Å²) in [7, 11) is 1.54. The second kappa shape index (κ2) is 12.7. The molecule has 4 aromatic carbocycles. The molecule has 2 amide bonds. The molecule has 0 heterocycles. The second-order valence-electron chi connectivity index (χ2n) is 8.01. The van der Waals surface area contributed by atoms with Gasteiger partial charge in [0.1, 0.15) is 11.5 Å². The number of anilines is 1. The van der Waals surface area contributed by atoms with Crippen molar-refractivity contribution in [2.24, 2.45) is 5.10 Å². The molecule has 0 spiro atoms. The van der Waals surface area contributed by atoms with E-state index in [-0.39, 0.29) is 21.9 Å². The zero-order valence-corrected chi connectivity index (χ0v) is 22.0. The molecule has 196 valence electrons. The highest BCUT2D eigenvalue weighted by molar-refractivity contribution is 6.37. The molecule has 0 aliphatic heterocycles. The number of carbonyl (C=O) groups is 3. The van der Waals surface area contributed by atoms with Crippen LogP contribution in [0.2, 0.25) is 10.0 Å². The van der Waals surface area contributed by atoms with Crippen molar-refractivity contribution in [3.63, 3.8) is 0 Å². The van der Waals surface area contributed by atoms with Gasteiger partial charge in [-0.25, -0.2) is 10.2 Å². The Labute approximate surface area is 234 Å². The Kier molecular flexibility index (Phi) is 8.94. The van der Waals surface area contributed by atoms with E-state index in [0.717, 1.165) is 0 Å². The molecule has 0 radical (unpaired) electrons. The number of nitrogens with zero attached hydrogens (tertiary/aromatic N) is 1. The Morgan fingerprint density at radius 1 is 0.821 bits per heavy atom. The van der Waals surface area contributed by atoms with Gasteiger partial charge in [-0.2, -0.15) is 5.10 Å². The molecular weight excluding hydrogens is 541 g/mol. The smallest absolute Gasteiger partial charge is 0.343 e. The van der Waals surface area contributed by atoms with Gasteiger partial charge in [-0.1, -0.05) is 41.4 Å². The lowest BCUT2D eigenvalue weighted by Crippen LogP contribution is -2.18. The number of rotatable bonds is 8. The van der Waals surface area contributed by atoms with Crippen LogP contribution < -0.4 is 20.2 Å². The number of esters is 1. The number of methoxy groups -OCH3 is 1. The van der Waals surface area contributed by atoms with Crippen molar-refractivity contribution in [1.29, 1.82) is 0 Å². The molecule has 0 saturated carbocycles. The van der Waals surface area contributed by atoms with Crippen LogP contribution in [0.15, 0.2) is 96.1 Å². The van der Waals surface area contributed by atoms with Gasteiger partial charge < -0.3 is 14.8 Å². The van der Waals surface area contributed by atoms with E-state index >= 15 is 0 Å². The lowest BCUT2D eigenvalue weighted by Gasteiger charge is -2.09. The standard InChI is InChI=1S/C29H21Cl2N3O5/c1-38-23-12-9-18(10-13-23)29(37)39-26-8-3-2-5-20(26)17-32-34-27(35)19-6-4-7-22(15-19)33-28(36)24-14-11-21(30)16-25(24)31/h2-17H,1H3,(H,33,36)(H,34,35). The van der Waals surface area contributed by atoms with E-state index in [0.29, 0.717) is 27.6 Å². The van der Waals surface area contributed by atoms with Crippen molar-refractivity contribution in [2.75, 3.05) is 12.4 Å². The SMILES string of the molecule is COc1ccc(C(=O)Oc2ccccc2C=NNC(=O)c2cccc(NC(=O)c3ccc(Cl)cc3Cl)c2)cc1. The number of ether oxygens (including phenoxy) is 2. The van der Waals surface area contributed by atoms with E-state index in [1.165, 1.54) is 31.5 Å². The maximum absolute atomic E-state index is 12.7. The average Bonchev–Trinajstić information content (AvgIpc) is 2.94. The van der Waals surface area contributed by atoms with Gasteiger partial charge in [0, 0.05) is 21.8 Å². The van der Waals surface area contributed by atoms with Gasteiger partial charge in [0.05, 0.1) is 29.5 Å². The van der Waals surface area contributed by atoms with E-state index in [9.17, 15) is 14.4 Å². The van der Waals surface area contributed by atoms with Crippen molar-refractivity contribution in [1.82, 2.24) is 5.43 Å². The van der Waals surface area contributed by atoms with Gasteiger partial charge in [-0.05, 0) is 72.8 Å². The second-order valence-corrected chi connectivity index (χ2v) is 8.86. The van der Waals surface area contributed by atoms with Gasteiger partial charge in [-0.15, -0.1) is 0 Å². The molecule has 0 bridgehead atoms. The van der Waals surface area contributed by atoms with E-state index < -0.39 is 17.8 Å². The molecule has 0 saturated heterocycles. The first-order valence-corrected chi connectivity index (χ1v) is 12.2. The number of hydrogen-bond acceptors (Lipinski definition) is 6. The molecule has 4 rings (SSSR count). The summed E-state index contributed by atoms with van der Waals surface area (Å²) < 4.78 is 10.6. The Hall–Kier alpha value is -4.66. The third-order valence-corrected chi connectivity index (χ3v) is 5.92. The van der Waals surface area contributed by atoms with Crippen LogP contribution in [-0.2, 0) is 0 Å². The molecule has 0 fully saturated rings. The third kappa shape index (κ3) is 7.22. The molecule has 8 nitrogen and oxygen atoms in total.